The van der Waals surface area contributed by atoms with E-state index in [4.69, 9.17) is 14.2 Å². The minimum Gasteiger partial charge on any atom is -0.501 e. The van der Waals surface area contributed by atoms with Crippen molar-refractivity contribution in [3.8, 4) is 5.75 Å². The number of methoxy groups -OCH3 is 2. The largest absolute Gasteiger partial charge is 0.501 e. The topological polar surface area (TPSA) is 44.8 Å². The molecule has 2 rings (SSSR count). The summed E-state index contributed by atoms with van der Waals surface area (Å²) in [5.41, 5.74) is 1.02. The van der Waals surface area contributed by atoms with Crippen LogP contribution in [-0.4, -0.2) is 26.3 Å². The summed E-state index contributed by atoms with van der Waals surface area (Å²) in [6.45, 7) is 0. The van der Waals surface area contributed by atoms with Crippen LogP contribution in [0, 0.1) is 0 Å². The molecule has 1 aliphatic rings. The van der Waals surface area contributed by atoms with Crippen molar-refractivity contribution in [3.63, 3.8) is 0 Å². The number of ether oxygens (including phenoxy) is 3. The van der Waals surface area contributed by atoms with Gasteiger partial charge in [0.15, 0.2) is 0 Å². The molecular formula is C15H16O4. The van der Waals surface area contributed by atoms with Crippen molar-refractivity contribution in [3.05, 3.63) is 47.7 Å². The number of carbonyl (C=O) groups excluding carboxylic acids is 1. The lowest BCUT2D eigenvalue weighted by atomic mass is 10.1. The van der Waals surface area contributed by atoms with Crippen molar-refractivity contribution < 1.29 is 19.0 Å². The van der Waals surface area contributed by atoms with Gasteiger partial charge in [0.05, 0.1) is 20.3 Å². The van der Waals surface area contributed by atoms with Gasteiger partial charge in [-0.1, -0.05) is 18.2 Å². The number of hydrogen-bond acceptors (Lipinski definition) is 4. The Morgan fingerprint density at radius 2 is 1.95 bits per heavy atom. The van der Waals surface area contributed by atoms with Crippen LogP contribution in [-0.2, 0) is 14.3 Å². The van der Waals surface area contributed by atoms with E-state index in [2.05, 4.69) is 0 Å². The average molecular weight is 260 g/mol. The lowest BCUT2D eigenvalue weighted by Gasteiger charge is -2.19. The maximum atomic E-state index is 11.3. The number of cyclic esters (lactones) is 1. The van der Waals surface area contributed by atoms with E-state index < -0.39 is 0 Å². The summed E-state index contributed by atoms with van der Waals surface area (Å²) in [7, 11) is 3.18. The Hall–Kier alpha value is -2.23. The summed E-state index contributed by atoms with van der Waals surface area (Å²) in [4.78, 5) is 11.3. The second-order valence-corrected chi connectivity index (χ2v) is 4.13. The van der Waals surface area contributed by atoms with Gasteiger partial charge in [0, 0.05) is 6.42 Å². The molecule has 0 saturated carbocycles. The molecule has 1 heterocycles. The summed E-state index contributed by atoms with van der Waals surface area (Å²) in [5.74, 6) is 1.08. The first-order valence-electron chi connectivity index (χ1n) is 5.98. The van der Waals surface area contributed by atoms with Gasteiger partial charge in [-0.05, 0) is 23.8 Å². The summed E-state index contributed by atoms with van der Waals surface area (Å²) < 4.78 is 15.4. The Morgan fingerprint density at radius 3 is 2.58 bits per heavy atom. The first-order valence-corrected chi connectivity index (χ1v) is 5.98. The molecule has 1 aromatic carbocycles. The highest BCUT2D eigenvalue weighted by atomic mass is 16.5. The van der Waals surface area contributed by atoms with Crippen molar-refractivity contribution in [2.45, 2.75) is 12.5 Å². The van der Waals surface area contributed by atoms with Crippen LogP contribution in [0.3, 0.4) is 0 Å². The maximum Gasteiger partial charge on any atom is 0.334 e. The SMILES string of the molecule is COC1=CC(=O)O[C@@H](/C=C/c2ccc(OC)cc2)C1. The molecule has 1 aliphatic heterocycles. The van der Waals surface area contributed by atoms with Crippen molar-refractivity contribution in [1.29, 1.82) is 0 Å². The molecule has 0 fully saturated rings. The van der Waals surface area contributed by atoms with Crippen LogP contribution in [0.15, 0.2) is 42.2 Å². The van der Waals surface area contributed by atoms with Gasteiger partial charge in [-0.2, -0.15) is 0 Å². The van der Waals surface area contributed by atoms with Crippen LogP contribution < -0.4 is 4.74 Å². The maximum absolute atomic E-state index is 11.3. The molecule has 1 aromatic rings. The van der Waals surface area contributed by atoms with E-state index in [0.717, 1.165) is 11.3 Å². The summed E-state index contributed by atoms with van der Waals surface area (Å²) >= 11 is 0. The van der Waals surface area contributed by atoms with Crippen molar-refractivity contribution in [2.24, 2.45) is 0 Å². The van der Waals surface area contributed by atoms with E-state index in [1.54, 1.807) is 14.2 Å². The van der Waals surface area contributed by atoms with Crippen molar-refractivity contribution in [2.75, 3.05) is 14.2 Å². The van der Waals surface area contributed by atoms with Crippen LogP contribution in [0.4, 0.5) is 0 Å². The van der Waals surface area contributed by atoms with Gasteiger partial charge in [0.25, 0.3) is 0 Å². The predicted octanol–water partition coefficient (Wildman–Crippen LogP) is 2.55. The Balaban J connectivity index is 2.02. The molecule has 0 saturated heterocycles. The molecule has 0 spiro atoms. The zero-order chi connectivity index (χ0) is 13.7. The Morgan fingerprint density at radius 1 is 1.21 bits per heavy atom. The fourth-order valence-electron chi connectivity index (χ4n) is 1.80. The van der Waals surface area contributed by atoms with Gasteiger partial charge in [-0.25, -0.2) is 4.79 Å². The molecule has 0 radical (unpaired) electrons. The van der Waals surface area contributed by atoms with Crippen LogP contribution in [0.1, 0.15) is 12.0 Å². The van der Waals surface area contributed by atoms with Crippen LogP contribution in [0.2, 0.25) is 0 Å². The molecule has 4 heteroatoms. The summed E-state index contributed by atoms with van der Waals surface area (Å²) in [6, 6.07) is 7.64. The Kier molecular flexibility index (Phi) is 4.23. The van der Waals surface area contributed by atoms with E-state index in [0.29, 0.717) is 12.2 Å². The second kappa shape index (κ2) is 6.09. The normalized spacial score (nSPS) is 18.9. The molecule has 1 atom stereocenters. The third-order valence-electron chi connectivity index (χ3n) is 2.83. The second-order valence-electron chi connectivity index (χ2n) is 4.13. The van der Waals surface area contributed by atoms with Crippen molar-refractivity contribution in [1.82, 2.24) is 0 Å². The monoisotopic (exact) mass is 260 g/mol. The van der Waals surface area contributed by atoms with Crippen molar-refractivity contribution >= 4 is 12.0 Å². The molecule has 19 heavy (non-hydrogen) atoms. The third kappa shape index (κ3) is 3.61. The molecule has 0 unspecified atom stereocenters. The third-order valence-corrected chi connectivity index (χ3v) is 2.83. The lowest BCUT2D eigenvalue weighted by Crippen LogP contribution is -2.21. The van der Waals surface area contributed by atoms with Gasteiger partial charge in [0.2, 0.25) is 0 Å². The number of carbonyl (C=O) groups is 1. The molecule has 100 valence electrons. The number of esters is 1. The summed E-state index contributed by atoms with van der Waals surface area (Å²) in [5, 5.41) is 0. The van der Waals surface area contributed by atoms with Gasteiger partial charge in [-0.15, -0.1) is 0 Å². The van der Waals surface area contributed by atoms with Gasteiger partial charge in [-0.3, -0.25) is 0 Å². The highest BCUT2D eigenvalue weighted by molar-refractivity contribution is 5.83. The van der Waals surface area contributed by atoms with Gasteiger partial charge < -0.3 is 14.2 Å². The van der Waals surface area contributed by atoms with E-state index in [-0.39, 0.29) is 12.1 Å². The molecule has 0 aliphatic carbocycles. The fraction of sp³-hybridized carbons (Fsp3) is 0.267. The number of benzene rings is 1. The molecule has 0 bridgehead atoms. The van der Waals surface area contributed by atoms with Gasteiger partial charge in [0.1, 0.15) is 17.6 Å². The zero-order valence-electron chi connectivity index (χ0n) is 11.0. The van der Waals surface area contributed by atoms with Crippen LogP contribution >= 0.6 is 0 Å². The minimum absolute atomic E-state index is 0.283. The highest BCUT2D eigenvalue weighted by Gasteiger charge is 2.19. The minimum atomic E-state index is -0.368. The first-order chi connectivity index (χ1) is 9.21. The Bertz CT molecular complexity index is 499. The van der Waals surface area contributed by atoms with E-state index in [1.165, 1.54) is 6.08 Å². The predicted molar refractivity (Wildman–Crippen MR) is 71.6 cm³/mol. The van der Waals surface area contributed by atoms with E-state index in [9.17, 15) is 4.79 Å². The molecule has 0 aromatic heterocycles. The molecule has 4 nitrogen and oxygen atoms in total. The average Bonchev–Trinajstić information content (AvgIpc) is 2.45. The Labute approximate surface area is 112 Å². The summed E-state index contributed by atoms with van der Waals surface area (Å²) in [6.07, 6.45) is 5.42. The number of rotatable bonds is 4. The van der Waals surface area contributed by atoms with E-state index >= 15 is 0 Å². The quantitative estimate of drug-likeness (QED) is 0.780. The van der Waals surface area contributed by atoms with E-state index in [1.807, 2.05) is 36.4 Å². The molecule has 0 N–H and O–H groups in total. The molecular weight excluding hydrogens is 244 g/mol. The zero-order valence-corrected chi connectivity index (χ0v) is 11.0. The highest BCUT2D eigenvalue weighted by Crippen LogP contribution is 2.18. The van der Waals surface area contributed by atoms with Crippen LogP contribution in [0.5, 0.6) is 5.75 Å². The fourth-order valence-corrected chi connectivity index (χ4v) is 1.80. The van der Waals surface area contributed by atoms with Gasteiger partial charge >= 0.3 is 5.97 Å². The standard InChI is InChI=1S/C15H16O4/c1-17-12-6-3-11(4-7-12)5-8-13-9-14(18-2)10-15(16)19-13/h3-8,10,13H,9H2,1-2H3/b8-5+/t13-/m0/s1. The smallest absolute Gasteiger partial charge is 0.334 e. The molecule has 0 amide bonds. The lowest BCUT2D eigenvalue weighted by molar-refractivity contribution is -0.142. The first kappa shape index (κ1) is 13.2. The van der Waals surface area contributed by atoms with Crippen LogP contribution in [0.25, 0.3) is 6.08 Å². The number of hydrogen-bond donors (Lipinski definition) is 0.